The van der Waals surface area contributed by atoms with E-state index in [0.717, 1.165) is 10.5 Å². The first-order valence-electron chi connectivity index (χ1n) is 7.20. The van der Waals surface area contributed by atoms with E-state index >= 15 is 0 Å². The zero-order chi connectivity index (χ0) is 16.6. The van der Waals surface area contributed by atoms with E-state index in [1.165, 1.54) is 11.3 Å². The van der Waals surface area contributed by atoms with Crippen molar-refractivity contribution in [3.05, 3.63) is 57.8 Å². The van der Waals surface area contributed by atoms with E-state index < -0.39 is 17.5 Å². The van der Waals surface area contributed by atoms with Gasteiger partial charge in [-0.1, -0.05) is 35.9 Å². The molecule has 1 aromatic heterocycles. The number of thiophene rings is 1. The van der Waals surface area contributed by atoms with Gasteiger partial charge >= 0.3 is 6.03 Å². The zero-order valence-electron chi connectivity index (χ0n) is 12.8. The number of amides is 3. The summed E-state index contributed by atoms with van der Waals surface area (Å²) in [6.07, 6.45) is 0. The molecule has 1 atom stereocenters. The topological polar surface area (TPSA) is 66.5 Å². The van der Waals surface area contributed by atoms with Crippen molar-refractivity contribution in [2.24, 2.45) is 0 Å². The zero-order valence-corrected chi connectivity index (χ0v) is 13.6. The van der Waals surface area contributed by atoms with Crippen LogP contribution in [-0.4, -0.2) is 29.2 Å². The second-order valence-corrected chi connectivity index (χ2v) is 6.66. The first-order chi connectivity index (χ1) is 10.9. The standard InChI is InChI=1S/C17H16N2O3S/c1-11-5-7-12(8-6-11)17(2)15(21)19(16(22)18-17)10-13(20)14-4-3-9-23-14/h3-9H,10H2,1-2H3,(H,18,22)/t17-/m1/s1. The van der Waals surface area contributed by atoms with E-state index in [2.05, 4.69) is 5.32 Å². The Bertz CT molecular complexity index is 768. The van der Waals surface area contributed by atoms with Crippen LogP contribution < -0.4 is 5.32 Å². The first-order valence-corrected chi connectivity index (χ1v) is 8.08. The van der Waals surface area contributed by atoms with Crippen LogP contribution in [0.4, 0.5) is 4.79 Å². The quantitative estimate of drug-likeness (QED) is 0.693. The molecule has 1 N–H and O–H groups in total. The second kappa shape index (κ2) is 5.62. The smallest absolute Gasteiger partial charge is 0.319 e. The number of nitrogens with one attached hydrogen (secondary N) is 1. The molecule has 0 unspecified atom stereocenters. The van der Waals surface area contributed by atoms with Crippen LogP contribution in [0.25, 0.3) is 0 Å². The summed E-state index contributed by atoms with van der Waals surface area (Å²) in [6, 6.07) is 10.3. The van der Waals surface area contributed by atoms with Crippen molar-refractivity contribution in [3.63, 3.8) is 0 Å². The number of Topliss-reactive ketones (excluding diaryl/α,β-unsaturated/α-hetero) is 1. The molecule has 0 saturated carbocycles. The van der Waals surface area contributed by atoms with Gasteiger partial charge in [-0.3, -0.25) is 14.5 Å². The number of ketones is 1. The Hall–Kier alpha value is -2.47. The predicted molar refractivity (Wildman–Crippen MR) is 87.4 cm³/mol. The largest absolute Gasteiger partial charge is 0.325 e. The molecular formula is C17H16N2O3S. The van der Waals surface area contributed by atoms with Gasteiger partial charge in [-0.2, -0.15) is 0 Å². The lowest BCUT2D eigenvalue weighted by atomic mass is 9.91. The number of urea groups is 1. The maximum absolute atomic E-state index is 12.7. The molecule has 2 heterocycles. The van der Waals surface area contributed by atoms with E-state index in [-0.39, 0.29) is 12.3 Å². The molecule has 5 nitrogen and oxygen atoms in total. The van der Waals surface area contributed by atoms with Crippen molar-refractivity contribution in [1.29, 1.82) is 0 Å². The molecular weight excluding hydrogens is 312 g/mol. The van der Waals surface area contributed by atoms with Gasteiger partial charge in [0.25, 0.3) is 5.91 Å². The molecule has 1 aromatic carbocycles. The average Bonchev–Trinajstić information content (AvgIpc) is 3.12. The molecule has 0 aliphatic carbocycles. The summed E-state index contributed by atoms with van der Waals surface area (Å²) in [6.45, 7) is 3.37. The Morgan fingerprint density at radius 1 is 1.22 bits per heavy atom. The SMILES string of the molecule is Cc1ccc([C@@]2(C)NC(=O)N(CC(=O)c3cccs3)C2=O)cc1. The van der Waals surface area contributed by atoms with Gasteiger partial charge in [0.05, 0.1) is 11.4 Å². The van der Waals surface area contributed by atoms with Crippen LogP contribution in [0, 0.1) is 6.92 Å². The average molecular weight is 328 g/mol. The van der Waals surface area contributed by atoms with E-state index in [0.29, 0.717) is 10.4 Å². The van der Waals surface area contributed by atoms with E-state index in [1.54, 1.807) is 24.4 Å². The molecule has 1 aliphatic heterocycles. The third-order valence-corrected chi connectivity index (χ3v) is 4.91. The Morgan fingerprint density at radius 3 is 2.52 bits per heavy atom. The summed E-state index contributed by atoms with van der Waals surface area (Å²) in [5.41, 5.74) is 0.631. The van der Waals surface area contributed by atoms with E-state index in [4.69, 9.17) is 0 Å². The third-order valence-electron chi connectivity index (χ3n) is 4.00. The number of hydrogen-bond donors (Lipinski definition) is 1. The predicted octanol–water partition coefficient (Wildman–Crippen LogP) is 2.71. The molecule has 3 amide bonds. The number of nitrogens with zero attached hydrogens (tertiary/aromatic N) is 1. The van der Waals surface area contributed by atoms with E-state index in [9.17, 15) is 14.4 Å². The Balaban J connectivity index is 1.85. The summed E-state index contributed by atoms with van der Waals surface area (Å²) < 4.78 is 0. The number of hydrogen-bond acceptors (Lipinski definition) is 4. The first kappa shape index (κ1) is 15.4. The normalized spacial score (nSPS) is 20.7. The van der Waals surface area contributed by atoms with Gasteiger partial charge < -0.3 is 5.32 Å². The fraction of sp³-hybridized carbons (Fsp3) is 0.235. The van der Waals surface area contributed by atoms with Gasteiger partial charge in [-0.25, -0.2) is 4.79 Å². The summed E-state index contributed by atoms with van der Waals surface area (Å²) >= 11 is 1.30. The van der Waals surface area contributed by atoms with Crippen molar-refractivity contribution < 1.29 is 14.4 Å². The number of aryl methyl sites for hydroxylation is 1. The lowest BCUT2D eigenvalue weighted by Crippen LogP contribution is -2.41. The van der Waals surface area contributed by atoms with Gasteiger partial charge in [0.1, 0.15) is 5.54 Å². The van der Waals surface area contributed by atoms with Crippen molar-refractivity contribution in [2.75, 3.05) is 6.54 Å². The van der Waals surface area contributed by atoms with Crippen LogP contribution in [0.2, 0.25) is 0 Å². The summed E-state index contributed by atoms with van der Waals surface area (Å²) in [7, 11) is 0. The Kier molecular flexibility index (Phi) is 3.77. The molecule has 0 bridgehead atoms. The van der Waals surface area contributed by atoms with Crippen LogP contribution >= 0.6 is 11.3 Å². The summed E-state index contributed by atoms with van der Waals surface area (Å²) in [4.78, 5) is 38.6. The van der Waals surface area contributed by atoms with Gasteiger partial charge in [0, 0.05) is 0 Å². The molecule has 1 saturated heterocycles. The highest BCUT2D eigenvalue weighted by Gasteiger charge is 2.49. The highest BCUT2D eigenvalue weighted by atomic mass is 32.1. The molecule has 23 heavy (non-hydrogen) atoms. The molecule has 6 heteroatoms. The molecule has 1 fully saturated rings. The number of benzene rings is 1. The number of imide groups is 1. The van der Waals surface area contributed by atoms with Crippen molar-refractivity contribution in [1.82, 2.24) is 10.2 Å². The molecule has 0 radical (unpaired) electrons. The van der Waals surface area contributed by atoms with Crippen LogP contribution in [0.3, 0.4) is 0 Å². The minimum absolute atomic E-state index is 0.239. The summed E-state index contributed by atoms with van der Waals surface area (Å²) in [5, 5.41) is 4.49. The molecule has 2 aromatic rings. The lowest BCUT2D eigenvalue weighted by molar-refractivity contribution is -0.130. The maximum atomic E-state index is 12.7. The van der Waals surface area contributed by atoms with Gasteiger partial charge in [-0.15, -0.1) is 11.3 Å². The minimum Gasteiger partial charge on any atom is -0.319 e. The van der Waals surface area contributed by atoms with Gasteiger partial charge in [-0.05, 0) is 30.9 Å². The Morgan fingerprint density at radius 2 is 1.91 bits per heavy atom. The summed E-state index contributed by atoms with van der Waals surface area (Å²) in [5.74, 6) is -0.645. The number of carbonyl (C=O) groups excluding carboxylic acids is 3. The highest BCUT2D eigenvalue weighted by Crippen LogP contribution is 2.29. The fourth-order valence-electron chi connectivity index (χ4n) is 2.58. The monoisotopic (exact) mass is 328 g/mol. The maximum Gasteiger partial charge on any atom is 0.325 e. The van der Waals surface area contributed by atoms with E-state index in [1.807, 2.05) is 31.2 Å². The minimum atomic E-state index is -1.14. The molecule has 118 valence electrons. The Labute approximate surface area is 137 Å². The second-order valence-electron chi connectivity index (χ2n) is 5.71. The molecule has 3 rings (SSSR count). The van der Waals surface area contributed by atoms with Crippen LogP contribution in [0.15, 0.2) is 41.8 Å². The fourth-order valence-corrected chi connectivity index (χ4v) is 3.24. The van der Waals surface area contributed by atoms with Crippen molar-refractivity contribution in [2.45, 2.75) is 19.4 Å². The van der Waals surface area contributed by atoms with Gasteiger partial charge in [0.2, 0.25) is 0 Å². The van der Waals surface area contributed by atoms with Crippen LogP contribution in [0.1, 0.15) is 27.7 Å². The van der Waals surface area contributed by atoms with Crippen LogP contribution in [0.5, 0.6) is 0 Å². The lowest BCUT2D eigenvalue weighted by Gasteiger charge is -2.22. The van der Waals surface area contributed by atoms with Gasteiger partial charge in [0.15, 0.2) is 5.78 Å². The highest BCUT2D eigenvalue weighted by molar-refractivity contribution is 7.12. The molecule has 0 spiro atoms. The third kappa shape index (κ3) is 2.66. The number of rotatable bonds is 4. The van der Waals surface area contributed by atoms with Crippen LogP contribution in [-0.2, 0) is 10.3 Å². The molecule has 1 aliphatic rings. The number of carbonyl (C=O) groups is 3. The van der Waals surface area contributed by atoms with Crippen molar-refractivity contribution in [3.8, 4) is 0 Å². The van der Waals surface area contributed by atoms with Crippen molar-refractivity contribution >= 4 is 29.1 Å².